The van der Waals surface area contributed by atoms with E-state index in [0.29, 0.717) is 0 Å². The molecule has 0 saturated carbocycles. The molecule has 1 fully saturated rings. The molecule has 1 rings (SSSR count). The Kier molecular flexibility index (Phi) is 5.99. The number of nitrogens with zero attached hydrogens (tertiary/aromatic N) is 3. The van der Waals surface area contributed by atoms with E-state index in [2.05, 4.69) is 10.0 Å². The van der Waals surface area contributed by atoms with Crippen molar-refractivity contribution in [3.8, 4) is 0 Å². The quantitative estimate of drug-likeness (QED) is 0.366. The summed E-state index contributed by atoms with van der Waals surface area (Å²) in [4.78, 5) is 13.3. The summed E-state index contributed by atoms with van der Waals surface area (Å²) in [5.74, 6) is -1.22. The van der Waals surface area contributed by atoms with Gasteiger partial charge in [-0.15, -0.1) is 0 Å². The van der Waals surface area contributed by atoms with Crippen molar-refractivity contribution in [1.82, 2.24) is 0 Å². The Morgan fingerprint density at radius 2 is 2.30 bits per heavy atom. The Labute approximate surface area is 116 Å². The fraction of sp³-hybridized carbons (Fsp3) is 0.900. The van der Waals surface area contributed by atoms with Gasteiger partial charge >= 0.3 is 5.97 Å². The first-order chi connectivity index (χ1) is 10.1. The number of rotatable bonds is 7. The van der Waals surface area contributed by atoms with Gasteiger partial charge in [0.25, 0.3) is 0 Å². The van der Waals surface area contributed by atoms with Gasteiger partial charge in [0.1, 0.15) is 18.8 Å². The van der Waals surface area contributed by atoms with Gasteiger partial charge in [-0.3, -0.25) is 0 Å². The van der Waals surface area contributed by atoms with Crippen LogP contribution >= 0.6 is 0 Å². The molecule has 20 heavy (non-hydrogen) atoms. The molecule has 10 heteroatoms. The zero-order chi connectivity index (χ0) is 15.8. The topological polar surface area (TPSA) is 143 Å². The summed E-state index contributed by atoms with van der Waals surface area (Å²) in [5, 5.41) is 21.5. The third kappa shape index (κ3) is 3.79. The van der Waals surface area contributed by atoms with E-state index in [1.807, 2.05) is 0 Å². The molecule has 1 heterocycles. The maximum absolute atomic E-state index is 10.6. The van der Waals surface area contributed by atoms with Crippen LogP contribution in [0.4, 0.5) is 0 Å². The summed E-state index contributed by atoms with van der Waals surface area (Å²) in [6.07, 6.45) is -3.92. The van der Waals surface area contributed by atoms with Gasteiger partial charge in [0.05, 0.1) is 20.1 Å². The molecule has 5 atom stereocenters. The van der Waals surface area contributed by atoms with E-state index in [1.54, 1.807) is 0 Å². The highest BCUT2D eigenvalue weighted by atomic mass is 16.7. The van der Waals surface area contributed by atoms with Crippen molar-refractivity contribution < 1.29 is 35.3 Å². The number of aliphatic hydroxyl groups excluding tert-OH is 1. The summed E-state index contributed by atoms with van der Waals surface area (Å²) in [7, 11) is 0.848. The fourth-order valence-electron chi connectivity index (χ4n) is 1.97. The van der Waals surface area contributed by atoms with Crippen molar-refractivity contribution in [2.24, 2.45) is 5.11 Å². The summed E-state index contributed by atoms with van der Waals surface area (Å²) in [5.41, 5.74) is 8.66. The normalized spacial score (nSPS) is 34.1. The average Bonchev–Trinajstić information content (AvgIpc) is 2.47. The van der Waals surface area contributed by atoms with Gasteiger partial charge in [0.15, 0.2) is 6.29 Å². The van der Waals surface area contributed by atoms with Gasteiger partial charge in [-0.2, -0.15) is 0 Å². The number of hydrogen-bond donors (Lipinski definition) is 2. The first kappa shape index (κ1) is 15.0. The summed E-state index contributed by atoms with van der Waals surface area (Å²) < 4.78 is 27.8. The number of ether oxygens (including phenoxy) is 4. The van der Waals surface area contributed by atoms with Crippen LogP contribution < -0.4 is 0 Å². The lowest BCUT2D eigenvalue weighted by Crippen LogP contribution is -2.59. The molecule has 114 valence electrons. The number of carboxylic acids is 1. The SMILES string of the molecule is [2H]CO[C@H]1[C@H](N=[N+]=[N-])[C@@H](OCC(=O)O)C(OC)O[C@@H]1CO. The van der Waals surface area contributed by atoms with Crippen LogP contribution in [0.15, 0.2) is 5.11 Å². The minimum Gasteiger partial charge on any atom is -0.480 e. The molecule has 0 radical (unpaired) electrons. The number of aliphatic hydroxyl groups is 1. The molecule has 0 spiro atoms. The second-order valence-corrected chi connectivity index (χ2v) is 3.96. The summed E-state index contributed by atoms with van der Waals surface area (Å²) >= 11 is 0. The Hall–Kier alpha value is -1.42. The van der Waals surface area contributed by atoms with Gasteiger partial charge in [-0.1, -0.05) is 5.11 Å². The molecule has 1 aliphatic rings. The van der Waals surface area contributed by atoms with Crippen molar-refractivity contribution in [2.45, 2.75) is 30.6 Å². The summed E-state index contributed by atoms with van der Waals surface area (Å²) in [6.45, 7) is -1.10. The second-order valence-electron chi connectivity index (χ2n) is 3.96. The van der Waals surface area contributed by atoms with Gasteiger partial charge < -0.3 is 29.2 Å². The van der Waals surface area contributed by atoms with E-state index >= 15 is 0 Å². The van der Waals surface area contributed by atoms with Crippen molar-refractivity contribution in [3.05, 3.63) is 10.4 Å². The van der Waals surface area contributed by atoms with Gasteiger partial charge in [-0.05, 0) is 5.53 Å². The molecule has 1 unspecified atom stereocenters. The number of carbonyl (C=O) groups is 1. The van der Waals surface area contributed by atoms with Crippen LogP contribution in [-0.2, 0) is 23.7 Å². The van der Waals surface area contributed by atoms with Crippen molar-refractivity contribution in [3.63, 3.8) is 0 Å². The smallest absolute Gasteiger partial charge is 0.329 e. The standard InChI is InChI=1S/C10H17N3O7/c1-17-8-5(3-14)20-10(18-2)9(7(8)12-13-11)19-4-6(15)16/h5,7-10,14H,3-4H2,1-2H3,(H,15,16)/t5-,7+,8-,9-,10?/m1/s1/i1D. The maximum atomic E-state index is 10.6. The molecular weight excluding hydrogens is 274 g/mol. The van der Waals surface area contributed by atoms with Crippen molar-refractivity contribution in [1.29, 1.82) is 0 Å². The molecule has 0 aromatic rings. The van der Waals surface area contributed by atoms with E-state index in [1.165, 1.54) is 7.11 Å². The van der Waals surface area contributed by atoms with Crippen LogP contribution in [0.5, 0.6) is 0 Å². The average molecular weight is 292 g/mol. The zero-order valence-corrected chi connectivity index (χ0v) is 10.8. The molecule has 0 aromatic heterocycles. The number of aliphatic carboxylic acids is 1. The largest absolute Gasteiger partial charge is 0.480 e. The molecule has 0 amide bonds. The first-order valence-electron chi connectivity index (χ1n) is 6.37. The molecule has 1 aliphatic heterocycles. The van der Waals surface area contributed by atoms with Crippen molar-refractivity contribution in [2.75, 3.05) is 27.4 Å². The molecular formula is C10H17N3O7. The monoisotopic (exact) mass is 292 g/mol. The van der Waals surface area contributed by atoms with Gasteiger partial charge in [0.2, 0.25) is 0 Å². The van der Waals surface area contributed by atoms with E-state index in [-0.39, 0.29) is 0 Å². The third-order valence-corrected chi connectivity index (χ3v) is 2.81. The van der Waals surface area contributed by atoms with Crippen LogP contribution in [0, 0.1) is 0 Å². The lowest BCUT2D eigenvalue weighted by Gasteiger charge is -2.42. The maximum Gasteiger partial charge on any atom is 0.329 e. The number of azide groups is 1. The van der Waals surface area contributed by atoms with Crippen LogP contribution in [0.1, 0.15) is 1.37 Å². The van der Waals surface area contributed by atoms with E-state index in [0.717, 1.165) is 0 Å². The first-order valence-corrected chi connectivity index (χ1v) is 5.66. The van der Waals surface area contributed by atoms with Crippen molar-refractivity contribution >= 4 is 5.97 Å². The molecule has 0 bridgehead atoms. The second kappa shape index (κ2) is 8.00. The molecule has 2 N–H and O–H groups in total. The Balaban J connectivity index is 3.01. The van der Waals surface area contributed by atoms with Gasteiger partial charge in [0, 0.05) is 19.1 Å². The Morgan fingerprint density at radius 3 is 2.80 bits per heavy atom. The summed E-state index contributed by atoms with van der Waals surface area (Å²) in [6, 6.07) is -1.00. The number of carboxylic acid groups (broad SMARTS) is 1. The molecule has 0 aliphatic carbocycles. The van der Waals surface area contributed by atoms with E-state index < -0.39 is 56.9 Å². The predicted molar refractivity (Wildman–Crippen MR) is 63.9 cm³/mol. The third-order valence-electron chi connectivity index (χ3n) is 2.81. The predicted octanol–water partition coefficient (Wildman–Crippen LogP) is -0.486. The highest BCUT2D eigenvalue weighted by molar-refractivity contribution is 5.68. The van der Waals surface area contributed by atoms with E-state index in [9.17, 15) is 9.90 Å². The minimum absolute atomic E-state index is 0.451. The molecule has 0 aromatic carbocycles. The lowest BCUT2D eigenvalue weighted by molar-refractivity contribution is -0.280. The number of methoxy groups -OCH3 is 2. The Morgan fingerprint density at radius 1 is 1.55 bits per heavy atom. The number of hydrogen-bond acceptors (Lipinski definition) is 7. The zero-order valence-electron chi connectivity index (χ0n) is 11.8. The Bertz CT molecular complexity index is 393. The molecule has 10 nitrogen and oxygen atoms in total. The van der Waals surface area contributed by atoms with Crippen LogP contribution in [0.25, 0.3) is 10.4 Å². The fourth-order valence-corrected chi connectivity index (χ4v) is 1.97. The molecule has 1 saturated heterocycles. The van der Waals surface area contributed by atoms with Gasteiger partial charge in [-0.25, -0.2) is 4.79 Å². The van der Waals surface area contributed by atoms with E-state index in [4.69, 9.17) is 31.0 Å². The minimum atomic E-state index is -1.22. The lowest BCUT2D eigenvalue weighted by atomic mass is 9.96. The van der Waals surface area contributed by atoms with Crippen LogP contribution in [0.3, 0.4) is 0 Å². The van der Waals surface area contributed by atoms with Crippen LogP contribution in [0.2, 0.25) is 0 Å². The van der Waals surface area contributed by atoms with Crippen LogP contribution in [-0.4, -0.2) is 74.2 Å². The highest BCUT2D eigenvalue weighted by Crippen LogP contribution is 2.28. The highest BCUT2D eigenvalue weighted by Gasteiger charge is 2.47.